The molecule has 1 atom stereocenters. The number of methoxy groups -OCH3 is 1. The molecule has 3 nitrogen and oxygen atoms in total. The van der Waals surface area contributed by atoms with Gasteiger partial charge in [-0.15, -0.1) is 0 Å². The molecule has 0 spiro atoms. The van der Waals surface area contributed by atoms with Crippen molar-refractivity contribution >= 4 is 5.71 Å². The molecule has 140 valence electrons. The van der Waals surface area contributed by atoms with Crippen molar-refractivity contribution in [2.75, 3.05) is 13.7 Å². The van der Waals surface area contributed by atoms with Crippen LogP contribution < -0.4 is 0 Å². The van der Waals surface area contributed by atoms with Crippen LogP contribution in [0.1, 0.15) is 43.2 Å². The van der Waals surface area contributed by atoms with E-state index in [1.807, 2.05) is 7.11 Å². The Morgan fingerprint density at radius 3 is 2.19 bits per heavy atom. The Morgan fingerprint density at radius 1 is 0.963 bits per heavy atom. The molecule has 3 heteroatoms. The Labute approximate surface area is 162 Å². The summed E-state index contributed by atoms with van der Waals surface area (Å²) in [6, 6.07) is 21.4. The minimum absolute atomic E-state index is 0.176. The third kappa shape index (κ3) is 3.44. The molecular weight excluding hydrogens is 332 g/mol. The molecule has 0 unspecified atom stereocenters. The van der Waals surface area contributed by atoms with Crippen molar-refractivity contribution in [1.82, 2.24) is 5.01 Å². The zero-order valence-corrected chi connectivity index (χ0v) is 16.1. The van der Waals surface area contributed by atoms with Gasteiger partial charge in [0.15, 0.2) is 0 Å². The topological polar surface area (TPSA) is 24.8 Å². The van der Waals surface area contributed by atoms with E-state index in [1.54, 1.807) is 0 Å². The zero-order chi connectivity index (χ0) is 18.5. The van der Waals surface area contributed by atoms with E-state index in [4.69, 9.17) is 9.84 Å². The van der Waals surface area contributed by atoms with Crippen LogP contribution in [-0.2, 0) is 10.3 Å². The molecule has 1 aliphatic heterocycles. The quantitative estimate of drug-likeness (QED) is 0.738. The molecule has 1 aliphatic carbocycles. The highest BCUT2D eigenvalue weighted by Crippen LogP contribution is 2.43. The van der Waals surface area contributed by atoms with Crippen molar-refractivity contribution in [3.8, 4) is 0 Å². The fourth-order valence-corrected chi connectivity index (χ4v) is 4.53. The Balaban J connectivity index is 1.80. The molecule has 0 saturated carbocycles. The number of allylic oxidation sites excluding steroid dienone is 2. The molecule has 0 radical (unpaired) electrons. The van der Waals surface area contributed by atoms with Gasteiger partial charge in [0.1, 0.15) is 5.60 Å². The molecule has 0 aromatic heterocycles. The average molecular weight is 361 g/mol. The number of hydrazone groups is 1. The van der Waals surface area contributed by atoms with Crippen LogP contribution in [0, 0.1) is 0 Å². The number of rotatable bonds is 5. The molecule has 27 heavy (non-hydrogen) atoms. The number of hydrogen-bond donors (Lipinski definition) is 0. The van der Waals surface area contributed by atoms with Gasteiger partial charge in [-0.1, -0.05) is 66.7 Å². The fourth-order valence-electron chi connectivity index (χ4n) is 4.53. The first kappa shape index (κ1) is 18.0. The third-order valence-electron chi connectivity index (χ3n) is 5.79. The lowest BCUT2D eigenvalue weighted by atomic mass is 9.79. The lowest BCUT2D eigenvalue weighted by Crippen LogP contribution is -2.48. The van der Waals surface area contributed by atoms with Gasteiger partial charge in [0.05, 0.1) is 11.8 Å². The summed E-state index contributed by atoms with van der Waals surface area (Å²) in [5.74, 6) is 0. The van der Waals surface area contributed by atoms with E-state index < -0.39 is 5.60 Å². The second kappa shape index (κ2) is 8.10. The Kier molecular flexibility index (Phi) is 5.40. The van der Waals surface area contributed by atoms with Gasteiger partial charge in [-0.05, 0) is 49.3 Å². The average Bonchev–Trinajstić information content (AvgIpc) is 3.20. The van der Waals surface area contributed by atoms with E-state index in [0.29, 0.717) is 0 Å². The Bertz CT molecular complexity index is 758. The van der Waals surface area contributed by atoms with Crippen molar-refractivity contribution in [3.05, 3.63) is 83.9 Å². The molecule has 0 amide bonds. The van der Waals surface area contributed by atoms with Crippen molar-refractivity contribution in [2.24, 2.45) is 5.10 Å². The molecule has 1 saturated heterocycles. The van der Waals surface area contributed by atoms with Crippen molar-refractivity contribution in [1.29, 1.82) is 0 Å². The van der Waals surface area contributed by atoms with Crippen molar-refractivity contribution in [2.45, 2.75) is 43.7 Å². The fraction of sp³-hybridized carbons (Fsp3) is 0.375. The molecule has 1 fully saturated rings. The summed E-state index contributed by atoms with van der Waals surface area (Å²) in [6.07, 6.45) is 10.1. The van der Waals surface area contributed by atoms with Crippen LogP contribution in [0.3, 0.4) is 0 Å². The van der Waals surface area contributed by atoms with Gasteiger partial charge in [-0.2, -0.15) is 5.10 Å². The van der Waals surface area contributed by atoms with Crippen LogP contribution >= 0.6 is 0 Å². The Morgan fingerprint density at radius 2 is 1.63 bits per heavy atom. The molecule has 1 heterocycles. The molecule has 2 aromatic carbocycles. The monoisotopic (exact) mass is 360 g/mol. The SMILES string of the molecule is COC(c1ccccc1)(c1ccccc1)[C@@H]1CCCN1/N=C1/C=CCCC1. The molecule has 4 rings (SSSR count). The summed E-state index contributed by atoms with van der Waals surface area (Å²) < 4.78 is 6.38. The van der Waals surface area contributed by atoms with Crippen molar-refractivity contribution < 1.29 is 4.74 Å². The van der Waals surface area contributed by atoms with E-state index >= 15 is 0 Å². The van der Waals surface area contributed by atoms with Gasteiger partial charge in [-0.3, -0.25) is 5.01 Å². The van der Waals surface area contributed by atoms with Crippen LogP contribution in [0.25, 0.3) is 0 Å². The van der Waals surface area contributed by atoms with Gasteiger partial charge in [0, 0.05) is 13.7 Å². The minimum Gasteiger partial charge on any atom is -0.367 e. The van der Waals surface area contributed by atoms with E-state index in [1.165, 1.54) is 29.7 Å². The van der Waals surface area contributed by atoms with Crippen LogP contribution in [0.15, 0.2) is 77.9 Å². The van der Waals surface area contributed by atoms with E-state index in [0.717, 1.165) is 25.8 Å². The zero-order valence-electron chi connectivity index (χ0n) is 16.1. The summed E-state index contributed by atoms with van der Waals surface area (Å²) >= 11 is 0. The molecular formula is C24H28N2O. The van der Waals surface area contributed by atoms with Gasteiger partial charge in [0.25, 0.3) is 0 Å². The summed E-state index contributed by atoms with van der Waals surface area (Å²) in [7, 11) is 1.84. The van der Waals surface area contributed by atoms with E-state index in [-0.39, 0.29) is 6.04 Å². The summed E-state index contributed by atoms with van der Waals surface area (Å²) in [4.78, 5) is 0. The highest BCUT2D eigenvalue weighted by atomic mass is 16.5. The van der Waals surface area contributed by atoms with Crippen LogP contribution in [-0.4, -0.2) is 30.4 Å². The van der Waals surface area contributed by atoms with Gasteiger partial charge >= 0.3 is 0 Å². The second-order valence-electron chi connectivity index (χ2n) is 7.38. The summed E-state index contributed by atoms with van der Waals surface area (Å²) in [6.45, 7) is 0.979. The highest BCUT2D eigenvalue weighted by molar-refractivity contribution is 5.95. The summed E-state index contributed by atoms with van der Waals surface area (Å²) in [5.41, 5.74) is 3.05. The maximum Gasteiger partial charge on any atom is 0.140 e. The standard InChI is InChI=1S/C24H28N2O/c1-27-24(20-12-5-2-6-13-20,21-14-7-3-8-15-21)23-18-11-19-26(23)25-22-16-9-4-10-17-22/h2-3,5-9,12-16,23H,4,10-11,17-19H2,1H3/b25-22-/t23-/m0/s1. The number of hydrogen-bond acceptors (Lipinski definition) is 3. The predicted octanol–water partition coefficient (Wildman–Crippen LogP) is 5.14. The first-order chi connectivity index (χ1) is 13.3. The van der Waals surface area contributed by atoms with Gasteiger partial charge in [-0.25, -0.2) is 0 Å². The smallest absolute Gasteiger partial charge is 0.140 e. The first-order valence-corrected chi connectivity index (χ1v) is 10.0. The number of ether oxygens (including phenoxy) is 1. The van der Waals surface area contributed by atoms with E-state index in [2.05, 4.69) is 77.8 Å². The van der Waals surface area contributed by atoms with Gasteiger partial charge in [0.2, 0.25) is 0 Å². The number of nitrogens with zero attached hydrogens (tertiary/aromatic N) is 2. The lowest BCUT2D eigenvalue weighted by Gasteiger charge is -2.42. The van der Waals surface area contributed by atoms with E-state index in [9.17, 15) is 0 Å². The third-order valence-corrected chi connectivity index (χ3v) is 5.79. The molecule has 2 aliphatic rings. The lowest BCUT2D eigenvalue weighted by molar-refractivity contribution is -0.0416. The largest absolute Gasteiger partial charge is 0.367 e. The van der Waals surface area contributed by atoms with Crippen LogP contribution in [0.4, 0.5) is 0 Å². The van der Waals surface area contributed by atoms with Crippen molar-refractivity contribution in [3.63, 3.8) is 0 Å². The maximum absolute atomic E-state index is 6.38. The number of benzene rings is 2. The molecule has 2 aromatic rings. The summed E-state index contributed by atoms with van der Waals surface area (Å²) in [5, 5.41) is 7.35. The first-order valence-electron chi connectivity index (χ1n) is 10.0. The maximum atomic E-state index is 6.38. The van der Waals surface area contributed by atoms with Crippen LogP contribution in [0.2, 0.25) is 0 Å². The van der Waals surface area contributed by atoms with Crippen LogP contribution in [0.5, 0.6) is 0 Å². The normalized spacial score (nSPS) is 21.7. The second-order valence-corrected chi connectivity index (χ2v) is 7.38. The van der Waals surface area contributed by atoms with Gasteiger partial charge < -0.3 is 4.74 Å². The predicted molar refractivity (Wildman–Crippen MR) is 111 cm³/mol. The molecule has 0 N–H and O–H groups in total. The molecule has 0 bridgehead atoms. The highest BCUT2D eigenvalue weighted by Gasteiger charge is 2.47. The minimum atomic E-state index is -0.526. The Hall–Kier alpha value is -2.39.